The average molecular weight is 587 g/mol. The van der Waals surface area contributed by atoms with Crippen molar-refractivity contribution in [2.24, 2.45) is 4.99 Å². The van der Waals surface area contributed by atoms with Crippen LogP contribution in [0.2, 0.25) is 5.02 Å². The van der Waals surface area contributed by atoms with Crippen molar-refractivity contribution in [3.05, 3.63) is 88.6 Å². The van der Waals surface area contributed by atoms with Crippen LogP contribution in [-0.4, -0.2) is 58.7 Å². The highest BCUT2D eigenvalue weighted by atomic mass is 35.5. The fraction of sp³-hybridized carbons (Fsp3) is 0.194. The second-order valence-corrected chi connectivity index (χ2v) is 9.93. The number of carbonyl (C=O) groups is 1. The Morgan fingerprint density at radius 2 is 1.76 bits per heavy atom. The summed E-state index contributed by atoms with van der Waals surface area (Å²) in [7, 11) is 1.61. The van der Waals surface area contributed by atoms with Crippen LogP contribution in [0.3, 0.4) is 0 Å². The lowest BCUT2D eigenvalue weighted by atomic mass is 9.99. The van der Waals surface area contributed by atoms with Crippen molar-refractivity contribution in [3.63, 3.8) is 0 Å². The Morgan fingerprint density at radius 1 is 1.05 bits per heavy atom. The maximum Gasteiger partial charge on any atom is 0.216 e. The number of nitrogens with zero attached hydrogens (tertiary/aromatic N) is 3. The van der Waals surface area contributed by atoms with Crippen molar-refractivity contribution in [2.45, 2.75) is 20.3 Å². The minimum Gasteiger partial charge on any atom is -0.504 e. The van der Waals surface area contributed by atoms with E-state index in [0.29, 0.717) is 29.3 Å². The molecule has 5 rings (SSSR count). The van der Waals surface area contributed by atoms with Gasteiger partial charge in [0.15, 0.2) is 11.5 Å². The number of ether oxygens (including phenoxy) is 1. The van der Waals surface area contributed by atoms with E-state index in [4.69, 9.17) is 27.2 Å². The van der Waals surface area contributed by atoms with Crippen LogP contribution in [0.25, 0.3) is 10.9 Å². The minimum atomic E-state index is -0.186. The number of pyridine rings is 1. The standard InChI is InChI=1S/C18H17ClN4O.C13H14N2O3/c1-11(20)23-16-8-7-14(24-2)9-15(16)18(22-10-17(23)21)12-3-5-13(19)6-4-12;1-8(16)14-5-4-10-3-2-9-6-12(17)13(18)7-11(9)15-10/h3-9,20-21H,10H2,1-2H3;2-3,6-7,17-18H,4-5H2,1H3,(H,14,16). The lowest BCUT2D eigenvalue weighted by Gasteiger charge is -2.24. The number of benzene rings is 3. The van der Waals surface area contributed by atoms with Gasteiger partial charge in [0.2, 0.25) is 5.91 Å². The zero-order valence-corrected chi connectivity index (χ0v) is 24.2. The summed E-state index contributed by atoms with van der Waals surface area (Å²) in [6, 6.07) is 19.6. The van der Waals surface area contributed by atoms with Crippen molar-refractivity contribution in [2.75, 3.05) is 25.1 Å². The number of phenols is 2. The van der Waals surface area contributed by atoms with Crippen molar-refractivity contribution in [3.8, 4) is 17.2 Å². The lowest BCUT2D eigenvalue weighted by molar-refractivity contribution is -0.118. The number of amides is 1. The Labute approximate surface area is 248 Å². The number of rotatable bonds is 5. The molecule has 42 heavy (non-hydrogen) atoms. The van der Waals surface area contributed by atoms with E-state index in [0.717, 1.165) is 33.6 Å². The normalized spacial score (nSPS) is 12.4. The van der Waals surface area contributed by atoms with Crippen molar-refractivity contribution < 1.29 is 19.7 Å². The number of fused-ring (bicyclic) bond motifs is 2. The summed E-state index contributed by atoms with van der Waals surface area (Å²) in [5.41, 5.74) is 4.68. The second kappa shape index (κ2) is 13.1. The SMILES string of the molecule is CC(=O)NCCc1ccc2cc(O)c(O)cc2n1.COc1ccc2c(c1)C(c1ccc(Cl)cc1)=NCC(=N)N2C(C)=N. The van der Waals surface area contributed by atoms with Crippen molar-refractivity contribution >= 4 is 51.5 Å². The van der Waals surface area contributed by atoms with Crippen LogP contribution in [0, 0.1) is 10.8 Å². The first-order valence-corrected chi connectivity index (χ1v) is 13.4. The molecule has 1 amide bonds. The molecule has 4 aromatic rings. The van der Waals surface area contributed by atoms with Gasteiger partial charge in [0.1, 0.15) is 17.4 Å². The molecule has 216 valence electrons. The van der Waals surface area contributed by atoms with E-state index in [1.807, 2.05) is 54.6 Å². The van der Waals surface area contributed by atoms with Gasteiger partial charge in [-0.15, -0.1) is 0 Å². The first-order valence-electron chi connectivity index (χ1n) is 13.0. The maximum absolute atomic E-state index is 10.7. The number of amidine groups is 2. The zero-order chi connectivity index (χ0) is 30.4. The molecule has 0 spiro atoms. The number of anilines is 1. The molecule has 2 heterocycles. The van der Waals surface area contributed by atoms with Gasteiger partial charge in [0.25, 0.3) is 0 Å². The van der Waals surface area contributed by atoms with Crippen LogP contribution in [0.1, 0.15) is 30.7 Å². The Kier molecular flexibility index (Phi) is 9.39. The molecule has 1 aromatic heterocycles. The molecule has 0 atom stereocenters. The van der Waals surface area contributed by atoms with Crippen molar-refractivity contribution in [1.29, 1.82) is 10.8 Å². The molecule has 0 unspecified atom stereocenters. The molecule has 1 aliphatic heterocycles. The molecule has 5 N–H and O–H groups in total. The van der Waals surface area contributed by atoms with Gasteiger partial charge in [-0.2, -0.15) is 0 Å². The van der Waals surface area contributed by atoms with Gasteiger partial charge in [-0.3, -0.25) is 30.5 Å². The van der Waals surface area contributed by atoms with Crippen LogP contribution in [0.15, 0.2) is 71.7 Å². The number of halogens is 1. The lowest BCUT2D eigenvalue weighted by Crippen LogP contribution is -2.35. The predicted molar refractivity (Wildman–Crippen MR) is 166 cm³/mol. The van der Waals surface area contributed by atoms with Gasteiger partial charge in [0, 0.05) is 53.2 Å². The number of carbonyl (C=O) groups excluding carboxylic acids is 1. The molecular weight excluding hydrogens is 556 g/mol. The molecule has 11 heteroatoms. The summed E-state index contributed by atoms with van der Waals surface area (Å²) in [6.45, 7) is 3.85. The summed E-state index contributed by atoms with van der Waals surface area (Å²) in [5, 5.41) is 39.2. The van der Waals surface area contributed by atoms with Gasteiger partial charge in [0.05, 0.1) is 30.6 Å². The third-order valence-electron chi connectivity index (χ3n) is 6.41. The van der Waals surface area contributed by atoms with Crippen LogP contribution >= 0.6 is 11.6 Å². The van der Waals surface area contributed by atoms with E-state index in [1.54, 1.807) is 18.9 Å². The smallest absolute Gasteiger partial charge is 0.216 e. The number of hydrogen-bond donors (Lipinski definition) is 5. The molecule has 1 aliphatic rings. The Balaban J connectivity index is 0.000000201. The number of hydrogen-bond acceptors (Lipinski definition) is 8. The van der Waals surface area contributed by atoms with Gasteiger partial charge >= 0.3 is 0 Å². The molecular formula is C31H31ClN6O4. The van der Waals surface area contributed by atoms with Gasteiger partial charge in [-0.1, -0.05) is 29.8 Å². The Morgan fingerprint density at radius 3 is 2.43 bits per heavy atom. The summed E-state index contributed by atoms with van der Waals surface area (Å²) in [4.78, 5) is 21.3. The minimum absolute atomic E-state index is 0.0710. The molecule has 0 fully saturated rings. The van der Waals surface area contributed by atoms with E-state index < -0.39 is 0 Å². The summed E-state index contributed by atoms with van der Waals surface area (Å²) in [6.07, 6.45) is 0.622. The number of aromatic hydroxyl groups is 2. The molecule has 10 nitrogen and oxygen atoms in total. The largest absolute Gasteiger partial charge is 0.504 e. The van der Waals surface area contributed by atoms with Crippen LogP contribution in [-0.2, 0) is 11.2 Å². The van der Waals surface area contributed by atoms with Crippen LogP contribution in [0.5, 0.6) is 17.2 Å². The van der Waals surface area contributed by atoms with Crippen molar-refractivity contribution in [1.82, 2.24) is 10.3 Å². The first-order chi connectivity index (χ1) is 20.1. The number of aliphatic imine (C=N–C) groups is 1. The van der Waals surface area contributed by atoms with Gasteiger partial charge < -0.3 is 20.3 Å². The van der Waals surface area contributed by atoms with Gasteiger partial charge in [-0.05, 0) is 49.4 Å². The molecule has 0 saturated carbocycles. The highest BCUT2D eigenvalue weighted by molar-refractivity contribution is 6.31. The maximum atomic E-state index is 10.7. The molecule has 0 aliphatic carbocycles. The Hall–Kier alpha value is -4.96. The zero-order valence-electron chi connectivity index (χ0n) is 23.4. The van der Waals surface area contributed by atoms with E-state index in [2.05, 4.69) is 15.3 Å². The van der Waals surface area contributed by atoms with Crippen LogP contribution in [0.4, 0.5) is 5.69 Å². The summed E-state index contributed by atoms with van der Waals surface area (Å²) >= 11 is 5.99. The molecule has 0 bridgehead atoms. The molecule has 3 aromatic carbocycles. The van der Waals surface area contributed by atoms with Gasteiger partial charge in [-0.25, -0.2) is 0 Å². The fourth-order valence-corrected chi connectivity index (χ4v) is 4.54. The van der Waals surface area contributed by atoms with E-state index in [1.165, 1.54) is 19.1 Å². The highest BCUT2D eigenvalue weighted by Gasteiger charge is 2.25. The number of phenolic OH excluding ortho intramolecular Hbond substituents is 2. The number of aromatic nitrogens is 1. The molecule has 0 saturated heterocycles. The second-order valence-electron chi connectivity index (χ2n) is 9.49. The van der Waals surface area contributed by atoms with Crippen LogP contribution < -0.4 is 15.0 Å². The summed E-state index contributed by atoms with van der Waals surface area (Å²) < 4.78 is 5.34. The van der Waals surface area contributed by atoms with E-state index in [9.17, 15) is 15.0 Å². The third kappa shape index (κ3) is 7.02. The number of methoxy groups -OCH3 is 1. The molecule has 0 radical (unpaired) electrons. The summed E-state index contributed by atoms with van der Waals surface area (Å²) in [5.74, 6) is 0.825. The highest BCUT2D eigenvalue weighted by Crippen LogP contribution is 2.31. The van der Waals surface area contributed by atoms with E-state index in [-0.39, 0.29) is 35.6 Å². The number of benzodiazepines with no additional fused rings is 1. The predicted octanol–water partition coefficient (Wildman–Crippen LogP) is 5.31. The topological polar surface area (TPSA) is 155 Å². The Bertz CT molecular complexity index is 1690. The fourth-order valence-electron chi connectivity index (χ4n) is 4.42. The quantitative estimate of drug-likeness (QED) is 0.121. The van der Waals surface area contributed by atoms with E-state index >= 15 is 0 Å². The first kappa shape index (κ1) is 30.0. The average Bonchev–Trinajstić information content (AvgIpc) is 3.10. The monoisotopic (exact) mass is 586 g/mol. The number of nitrogens with one attached hydrogen (secondary N) is 3. The third-order valence-corrected chi connectivity index (χ3v) is 6.66.